The first kappa shape index (κ1) is 15.0. The number of para-hydroxylation sites is 1. The molecule has 3 heterocycles. The molecule has 1 saturated heterocycles. The van der Waals surface area contributed by atoms with Crippen LogP contribution in [0.3, 0.4) is 0 Å². The first-order valence-corrected chi connectivity index (χ1v) is 8.78. The van der Waals surface area contributed by atoms with E-state index in [4.69, 9.17) is 0 Å². The smallest absolute Gasteiger partial charge is 0.233 e. The molecule has 4 rings (SSSR count). The van der Waals surface area contributed by atoms with Gasteiger partial charge in [-0.1, -0.05) is 18.2 Å². The predicted molar refractivity (Wildman–Crippen MR) is 95.0 cm³/mol. The number of anilines is 1. The maximum atomic E-state index is 12.3. The van der Waals surface area contributed by atoms with E-state index in [2.05, 4.69) is 26.3 Å². The average Bonchev–Trinajstić information content (AvgIpc) is 3.00. The minimum Gasteiger partial charge on any atom is -0.360 e. The highest BCUT2D eigenvalue weighted by Crippen LogP contribution is 2.28. The summed E-state index contributed by atoms with van der Waals surface area (Å²) in [5.41, 5.74) is 1.10. The van der Waals surface area contributed by atoms with Crippen molar-refractivity contribution >= 4 is 34.5 Å². The Bertz CT molecular complexity index is 844. The normalized spacial score (nSPS) is 14.6. The van der Waals surface area contributed by atoms with Crippen LogP contribution in [0.1, 0.15) is 0 Å². The number of benzene rings is 1. The van der Waals surface area contributed by atoms with Crippen LogP contribution in [0.2, 0.25) is 0 Å². The first-order chi connectivity index (χ1) is 11.8. The van der Waals surface area contributed by atoms with Gasteiger partial charge in [0, 0.05) is 47.5 Å². The van der Waals surface area contributed by atoms with Gasteiger partial charge in [-0.2, -0.15) is 0 Å². The fourth-order valence-electron chi connectivity index (χ4n) is 2.72. The molecule has 0 unspecified atom stereocenters. The standard InChI is InChI=1S/C17H17N5OS/c23-16(11-24-15-8-20-14-5-2-1-4-13(14)15)22-9-12(10-22)21-17-18-6-3-7-19-17/h1-8,12,20H,9-11H2,(H,18,19,21). The second-order valence-electron chi connectivity index (χ2n) is 5.70. The molecule has 0 bridgehead atoms. The van der Waals surface area contributed by atoms with E-state index in [0.717, 1.165) is 10.4 Å². The minimum atomic E-state index is 0.164. The Hall–Kier alpha value is -2.54. The Morgan fingerprint density at radius 2 is 2.04 bits per heavy atom. The Labute approximate surface area is 143 Å². The molecule has 1 aromatic carbocycles. The van der Waals surface area contributed by atoms with Gasteiger partial charge in [-0.25, -0.2) is 9.97 Å². The molecule has 1 amide bonds. The topological polar surface area (TPSA) is 73.9 Å². The molecular formula is C17H17N5OS. The van der Waals surface area contributed by atoms with E-state index in [0.29, 0.717) is 24.8 Å². The highest BCUT2D eigenvalue weighted by atomic mass is 32.2. The largest absolute Gasteiger partial charge is 0.360 e. The molecule has 0 atom stereocenters. The van der Waals surface area contributed by atoms with E-state index in [1.54, 1.807) is 30.2 Å². The summed E-state index contributed by atoms with van der Waals surface area (Å²) in [6.07, 6.45) is 5.37. The van der Waals surface area contributed by atoms with E-state index >= 15 is 0 Å². The van der Waals surface area contributed by atoms with Crippen LogP contribution in [-0.4, -0.2) is 50.6 Å². The van der Waals surface area contributed by atoms with Gasteiger partial charge in [-0.3, -0.25) is 4.79 Å². The summed E-state index contributed by atoms with van der Waals surface area (Å²) in [4.78, 5) is 26.8. The van der Waals surface area contributed by atoms with Gasteiger partial charge in [-0.15, -0.1) is 11.8 Å². The molecule has 1 aliphatic rings. The molecule has 122 valence electrons. The van der Waals surface area contributed by atoms with Crippen molar-refractivity contribution in [3.8, 4) is 0 Å². The summed E-state index contributed by atoms with van der Waals surface area (Å²) in [5, 5.41) is 4.40. The fraction of sp³-hybridized carbons (Fsp3) is 0.235. The van der Waals surface area contributed by atoms with Gasteiger partial charge in [0.2, 0.25) is 11.9 Å². The van der Waals surface area contributed by atoms with Crippen molar-refractivity contribution in [1.82, 2.24) is 19.9 Å². The number of carbonyl (C=O) groups is 1. The number of aromatic amines is 1. The zero-order valence-electron chi connectivity index (χ0n) is 13.0. The molecule has 0 spiro atoms. The number of nitrogens with zero attached hydrogens (tertiary/aromatic N) is 3. The van der Waals surface area contributed by atoms with Gasteiger partial charge in [0.05, 0.1) is 11.8 Å². The third kappa shape index (κ3) is 3.07. The lowest BCUT2D eigenvalue weighted by molar-refractivity contribution is -0.132. The summed E-state index contributed by atoms with van der Waals surface area (Å²) >= 11 is 1.58. The fourth-order valence-corrected chi connectivity index (χ4v) is 3.66. The van der Waals surface area contributed by atoms with Gasteiger partial charge < -0.3 is 15.2 Å². The summed E-state index contributed by atoms with van der Waals surface area (Å²) in [6.45, 7) is 1.40. The Balaban J connectivity index is 1.27. The third-order valence-electron chi connectivity index (χ3n) is 4.04. The molecule has 24 heavy (non-hydrogen) atoms. The molecule has 1 aliphatic heterocycles. The lowest BCUT2D eigenvalue weighted by Crippen LogP contribution is -2.57. The summed E-state index contributed by atoms with van der Waals surface area (Å²) < 4.78 is 0. The van der Waals surface area contributed by atoms with Crippen LogP contribution in [0.25, 0.3) is 10.9 Å². The van der Waals surface area contributed by atoms with Crippen LogP contribution in [0.4, 0.5) is 5.95 Å². The maximum Gasteiger partial charge on any atom is 0.233 e. The lowest BCUT2D eigenvalue weighted by atomic mass is 10.1. The molecule has 7 heteroatoms. The molecule has 2 N–H and O–H groups in total. The summed E-state index contributed by atoms with van der Waals surface area (Å²) in [5.74, 6) is 1.23. The molecule has 3 aromatic rings. The van der Waals surface area contributed by atoms with Crippen molar-refractivity contribution in [3.63, 3.8) is 0 Å². The number of carbonyl (C=O) groups excluding carboxylic acids is 1. The van der Waals surface area contributed by atoms with Gasteiger partial charge in [0.15, 0.2) is 0 Å². The lowest BCUT2D eigenvalue weighted by Gasteiger charge is -2.39. The van der Waals surface area contributed by atoms with Crippen LogP contribution in [0.15, 0.2) is 53.8 Å². The maximum absolute atomic E-state index is 12.3. The van der Waals surface area contributed by atoms with Crippen molar-refractivity contribution < 1.29 is 4.79 Å². The molecule has 0 aliphatic carbocycles. The van der Waals surface area contributed by atoms with E-state index in [1.807, 2.05) is 29.3 Å². The van der Waals surface area contributed by atoms with Gasteiger partial charge in [-0.05, 0) is 12.1 Å². The number of likely N-dealkylation sites (tertiary alicyclic amines) is 1. The van der Waals surface area contributed by atoms with Gasteiger partial charge in [0.1, 0.15) is 0 Å². The molecule has 0 radical (unpaired) electrons. The number of hydrogen-bond acceptors (Lipinski definition) is 5. The van der Waals surface area contributed by atoms with Crippen LogP contribution < -0.4 is 5.32 Å². The van der Waals surface area contributed by atoms with E-state index < -0.39 is 0 Å². The molecule has 1 fully saturated rings. The van der Waals surface area contributed by atoms with Crippen molar-refractivity contribution in [2.75, 3.05) is 24.2 Å². The van der Waals surface area contributed by atoms with Crippen molar-refractivity contribution in [2.45, 2.75) is 10.9 Å². The number of hydrogen-bond donors (Lipinski definition) is 2. The number of aromatic nitrogens is 3. The molecule has 6 nitrogen and oxygen atoms in total. The number of nitrogens with one attached hydrogen (secondary N) is 2. The zero-order chi connectivity index (χ0) is 16.4. The summed E-state index contributed by atoms with van der Waals surface area (Å²) in [7, 11) is 0. The summed E-state index contributed by atoms with van der Waals surface area (Å²) in [6, 6.07) is 10.1. The Morgan fingerprint density at radius 3 is 2.88 bits per heavy atom. The predicted octanol–water partition coefficient (Wildman–Crippen LogP) is 2.37. The van der Waals surface area contributed by atoms with Crippen LogP contribution in [0, 0.1) is 0 Å². The second-order valence-corrected chi connectivity index (χ2v) is 6.72. The van der Waals surface area contributed by atoms with Gasteiger partial charge >= 0.3 is 0 Å². The minimum absolute atomic E-state index is 0.164. The highest BCUT2D eigenvalue weighted by molar-refractivity contribution is 8.00. The average molecular weight is 339 g/mol. The van der Waals surface area contributed by atoms with Crippen LogP contribution in [-0.2, 0) is 4.79 Å². The number of H-pyrrole nitrogens is 1. The molecular weight excluding hydrogens is 322 g/mol. The SMILES string of the molecule is O=C(CSc1c[nH]c2ccccc12)N1CC(Nc2ncccn2)C1. The third-order valence-corrected chi connectivity index (χ3v) is 5.08. The number of thioether (sulfide) groups is 1. The Kier molecular flexibility index (Phi) is 4.08. The zero-order valence-corrected chi connectivity index (χ0v) is 13.8. The van der Waals surface area contributed by atoms with Gasteiger partial charge in [0.25, 0.3) is 0 Å². The van der Waals surface area contributed by atoms with Crippen LogP contribution in [0.5, 0.6) is 0 Å². The van der Waals surface area contributed by atoms with E-state index in [-0.39, 0.29) is 11.9 Å². The highest BCUT2D eigenvalue weighted by Gasteiger charge is 2.30. The first-order valence-electron chi connectivity index (χ1n) is 7.80. The molecule has 0 saturated carbocycles. The number of rotatable bonds is 5. The Morgan fingerprint density at radius 1 is 1.25 bits per heavy atom. The monoisotopic (exact) mass is 339 g/mol. The van der Waals surface area contributed by atoms with Crippen LogP contribution >= 0.6 is 11.8 Å². The second kappa shape index (κ2) is 6.52. The molecule has 2 aromatic heterocycles. The number of amides is 1. The van der Waals surface area contributed by atoms with E-state index in [1.165, 1.54) is 5.39 Å². The quantitative estimate of drug-likeness (QED) is 0.698. The van der Waals surface area contributed by atoms with Crippen molar-refractivity contribution in [2.24, 2.45) is 0 Å². The van der Waals surface area contributed by atoms with Crippen molar-refractivity contribution in [1.29, 1.82) is 0 Å². The van der Waals surface area contributed by atoms with E-state index in [9.17, 15) is 4.79 Å². The van der Waals surface area contributed by atoms with Crippen molar-refractivity contribution in [3.05, 3.63) is 48.9 Å². The number of fused-ring (bicyclic) bond motifs is 1.